The van der Waals surface area contributed by atoms with Gasteiger partial charge in [0.25, 0.3) is 0 Å². The van der Waals surface area contributed by atoms with Crippen LogP contribution in [0.1, 0.15) is 46.5 Å². The maximum absolute atomic E-state index is 11.8. The summed E-state index contributed by atoms with van der Waals surface area (Å²) in [6.45, 7) is 5.89. The van der Waals surface area contributed by atoms with E-state index in [4.69, 9.17) is 9.47 Å². The van der Waals surface area contributed by atoms with Crippen LogP contribution in [-0.4, -0.2) is 24.3 Å². The van der Waals surface area contributed by atoms with Crippen LogP contribution in [0.15, 0.2) is 0 Å². The van der Waals surface area contributed by atoms with Gasteiger partial charge in [-0.3, -0.25) is 4.79 Å². The third kappa shape index (κ3) is 2.33. The molecule has 2 rings (SSSR count). The van der Waals surface area contributed by atoms with Crippen molar-refractivity contribution in [3.8, 4) is 0 Å². The SMILES string of the molecule is CCC(C)(C)C(=O)OC1CCC2OC2C1. The Labute approximate surface area is 91.1 Å². The molecule has 86 valence electrons. The number of rotatable bonds is 3. The number of esters is 1. The minimum atomic E-state index is -0.346. The molecule has 0 aromatic rings. The molecule has 2 fully saturated rings. The predicted octanol–water partition coefficient (Wildman–Crippen LogP) is 2.29. The summed E-state index contributed by atoms with van der Waals surface area (Å²) in [6, 6.07) is 0. The van der Waals surface area contributed by atoms with E-state index in [2.05, 4.69) is 0 Å². The summed E-state index contributed by atoms with van der Waals surface area (Å²) in [6.07, 6.45) is 4.67. The zero-order valence-corrected chi connectivity index (χ0v) is 9.79. The van der Waals surface area contributed by atoms with Crippen LogP contribution in [0.5, 0.6) is 0 Å². The van der Waals surface area contributed by atoms with Gasteiger partial charge >= 0.3 is 5.97 Å². The summed E-state index contributed by atoms with van der Waals surface area (Å²) in [5.41, 5.74) is -0.346. The topological polar surface area (TPSA) is 38.8 Å². The number of hydrogen-bond acceptors (Lipinski definition) is 3. The highest BCUT2D eigenvalue weighted by Gasteiger charge is 2.45. The Morgan fingerprint density at radius 1 is 1.40 bits per heavy atom. The zero-order chi connectivity index (χ0) is 11.1. The van der Waals surface area contributed by atoms with Crippen molar-refractivity contribution in [2.45, 2.75) is 64.8 Å². The highest BCUT2D eigenvalue weighted by molar-refractivity contribution is 5.76. The quantitative estimate of drug-likeness (QED) is 0.532. The standard InChI is InChI=1S/C12H20O3/c1-4-12(2,3)11(13)14-8-5-6-9-10(7-8)15-9/h8-10H,4-7H2,1-3H3. The van der Waals surface area contributed by atoms with E-state index in [0.29, 0.717) is 12.2 Å². The van der Waals surface area contributed by atoms with Crippen molar-refractivity contribution in [1.82, 2.24) is 0 Å². The van der Waals surface area contributed by atoms with Crippen LogP contribution in [0.4, 0.5) is 0 Å². The fourth-order valence-corrected chi connectivity index (χ4v) is 1.93. The van der Waals surface area contributed by atoms with Crippen molar-refractivity contribution in [1.29, 1.82) is 0 Å². The average molecular weight is 212 g/mol. The van der Waals surface area contributed by atoms with E-state index in [0.717, 1.165) is 25.7 Å². The van der Waals surface area contributed by atoms with Gasteiger partial charge in [-0.2, -0.15) is 0 Å². The van der Waals surface area contributed by atoms with Crippen molar-refractivity contribution in [2.75, 3.05) is 0 Å². The third-order valence-corrected chi connectivity index (χ3v) is 3.67. The first-order chi connectivity index (χ1) is 7.03. The van der Waals surface area contributed by atoms with Gasteiger partial charge in [0, 0.05) is 6.42 Å². The van der Waals surface area contributed by atoms with Crippen LogP contribution in [-0.2, 0) is 14.3 Å². The maximum atomic E-state index is 11.8. The zero-order valence-electron chi connectivity index (χ0n) is 9.79. The average Bonchev–Trinajstić information content (AvgIpc) is 2.95. The lowest BCUT2D eigenvalue weighted by Crippen LogP contribution is -2.32. The Morgan fingerprint density at radius 2 is 2.13 bits per heavy atom. The maximum Gasteiger partial charge on any atom is 0.311 e. The van der Waals surface area contributed by atoms with E-state index in [-0.39, 0.29) is 17.5 Å². The minimum absolute atomic E-state index is 0.0610. The van der Waals surface area contributed by atoms with Crippen molar-refractivity contribution in [3.05, 3.63) is 0 Å². The molecule has 0 bridgehead atoms. The van der Waals surface area contributed by atoms with E-state index in [1.54, 1.807) is 0 Å². The Morgan fingerprint density at radius 3 is 2.73 bits per heavy atom. The second-order valence-electron chi connectivity index (χ2n) is 5.29. The lowest BCUT2D eigenvalue weighted by atomic mass is 9.90. The highest BCUT2D eigenvalue weighted by Crippen LogP contribution is 2.38. The Kier molecular flexibility index (Phi) is 2.75. The van der Waals surface area contributed by atoms with Crippen LogP contribution in [0.3, 0.4) is 0 Å². The summed E-state index contributed by atoms with van der Waals surface area (Å²) in [4.78, 5) is 11.8. The fraction of sp³-hybridized carbons (Fsp3) is 0.917. The Hall–Kier alpha value is -0.570. The molecular formula is C12H20O3. The molecule has 1 saturated heterocycles. The first-order valence-corrected chi connectivity index (χ1v) is 5.89. The number of carbonyl (C=O) groups is 1. The van der Waals surface area contributed by atoms with Crippen molar-refractivity contribution < 1.29 is 14.3 Å². The molecule has 1 aliphatic carbocycles. The summed E-state index contributed by atoms with van der Waals surface area (Å²) < 4.78 is 10.9. The van der Waals surface area contributed by atoms with Crippen molar-refractivity contribution >= 4 is 5.97 Å². The van der Waals surface area contributed by atoms with Gasteiger partial charge in [-0.15, -0.1) is 0 Å². The van der Waals surface area contributed by atoms with Crippen LogP contribution < -0.4 is 0 Å². The molecule has 0 aromatic heterocycles. The van der Waals surface area contributed by atoms with E-state index in [1.165, 1.54) is 0 Å². The largest absolute Gasteiger partial charge is 0.462 e. The molecule has 2 aliphatic rings. The molecule has 3 atom stereocenters. The van der Waals surface area contributed by atoms with E-state index in [1.807, 2.05) is 20.8 Å². The predicted molar refractivity (Wildman–Crippen MR) is 56.5 cm³/mol. The van der Waals surface area contributed by atoms with Crippen LogP contribution in [0, 0.1) is 5.41 Å². The summed E-state index contributed by atoms with van der Waals surface area (Å²) >= 11 is 0. The lowest BCUT2D eigenvalue weighted by Gasteiger charge is -2.26. The van der Waals surface area contributed by atoms with E-state index in [9.17, 15) is 4.79 Å². The molecule has 1 saturated carbocycles. The smallest absolute Gasteiger partial charge is 0.311 e. The van der Waals surface area contributed by atoms with E-state index >= 15 is 0 Å². The number of fused-ring (bicyclic) bond motifs is 1. The Bertz CT molecular complexity index is 260. The number of ether oxygens (including phenoxy) is 2. The lowest BCUT2D eigenvalue weighted by molar-refractivity contribution is -0.161. The van der Waals surface area contributed by atoms with Crippen LogP contribution in [0.2, 0.25) is 0 Å². The number of hydrogen-bond donors (Lipinski definition) is 0. The molecule has 3 unspecified atom stereocenters. The van der Waals surface area contributed by atoms with Gasteiger partial charge in [0.15, 0.2) is 0 Å². The molecule has 1 aliphatic heterocycles. The highest BCUT2D eigenvalue weighted by atomic mass is 16.6. The van der Waals surface area contributed by atoms with Gasteiger partial charge < -0.3 is 9.47 Å². The molecular weight excluding hydrogens is 192 g/mol. The molecule has 0 amide bonds. The normalized spacial score (nSPS) is 34.5. The van der Waals surface area contributed by atoms with E-state index < -0.39 is 0 Å². The molecule has 0 spiro atoms. The molecule has 3 nitrogen and oxygen atoms in total. The van der Waals surface area contributed by atoms with Gasteiger partial charge in [-0.25, -0.2) is 0 Å². The van der Waals surface area contributed by atoms with Gasteiger partial charge in [0.2, 0.25) is 0 Å². The first kappa shape index (κ1) is 10.9. The molecule has 0 radical (unpaired) electrons. The molecule has 15 heavy (non-hydrogen) atoms. The second kappa shape index (κ2) is 3.78. The number of carbonyl (C=O) groups excluding carboxylic acids is 1. The van der Waals surface area contributed by atoms with Gasteiger partial charge in [-0.05, 0) is 33.1 Å². The summed E-state index contributed by atoms with van der Waals surface area (Å²) in [5, 5.41) is 0. The van der Waals surface area contributed by atoms with Gasteiger partial charge in [-0.1, -0.05) is 6.92 Å². The van der Waals surface area contributed by atoms with Crippen LogP contribution in [0.25, 0.3) is 0 Å². The summed E-state index contributed by atoms with van der Waals surface area (Å²) in [7, 11) is 0. The molecule has 0 N–H and O–H groups in total. The first-order valence-electron chi connectivity index (χ1n) is 5.89. The fourth-order valence-electron chi connectivity index (χ4n) is 1.93. The Balaban J connectivity index is 1.83. The monoisotopic (exact) mass is 212 g/mol. The van der Waals surface area contributed by atoms with Crippen molar-refractivity contribution in [3.63, 3.8) is 0 Å². The van der Waals surface area contributed by atoms with Gasteiger partial charge in [0.1, 0.15) is 6.10 Å². The molecule has 0 aromatic carbocycles. The number of epoxide rings is 1. The second-order valence-corrected chi connectivity index (χ2v) is 5.29. The molecule has 3 heteroatoms. The third-order valence-electron chi connectivity index (χ3n) is 3.67. The minimum Gasteiger partial charge on any atom is -0.462 e. The van der Waals surface area contributed by atoms with Crippen molar-refractivity contribution in [2.24, 2.45) is 5.41 Å². The summed E-state index contributed by atoms with van der Waals surface area (Å²) in [5.74, 6) is -0.0610. The molecule has 1 heterocycles. The van der Waals surface area contributed by atoms with Gasteiger partial charge in [0.05, 0.1) is 17.6 Å². The van der Waals surface area contributed by atoms with Crippen LogP contribution >= 0.6 is 0 Å².